The summed E-state index contributed by atoms with van der Waals surface area (Å²) in [4.78, 5) is 20.6. The highest BCUT2D eigenvalue weighted by atomic mass is 19.4. The lowest BCUT2D eigenvalue weighted by atomic mass is 10.0. The van der Waals surface area contributed by atoms with Gasteiger partial charge in [-0.1, -0.05) is 0 Å². The molecule has 16 heavy (non-hydrogen) atoms. The van der Waals surface area contributed by atoms with Crippen molar-refractivity contribution in [3.63, 3.8) is 0 Å². The topological polar surface area (TPSA) is 34.1 Å². The Morgan fingerprint density at radius 1 is 0.938 bits per heavy atom. The van der Waals surface area contributed by atoms with Gasteiger partial charge in [0.2, 0.25) is 0 Å². The molecule has 0 N–H and O–H groups in total. The fourth-order valence-corrected chi connectivity index (χ4v) is 1.05. The van der Waals surface area contributed by atoms with E-state index in [2.05, 4.69) is 0 Å². The third-order valence-corrected chi connectivity index (χ3v) is 1.77. The summed E-state index contributed by atoms with van der Waals surface area (Å²) >= 11 is 0. The number of halogens is 5. The van der Waals surface area contributed by atoms with Crippen LogP contribution in [0.2, 0.25) is 0 Å². The van der Waals surface area contributed by atoms with E-state index in [0.717, 1.165) is 0 Å². The average molecular weight is 238 g/mol. The molecule has 1 aromatic carbocycles. The van der Waals surface area contributed by atoms with Crippen LogP contribution in [0.5, 0.6) is 0 Å². The molecule has 1 rings (SSSR count). The molecule has 0 spiro atoms. The molecule has 0 atom stereocenters. The van der Waals surface area contributed by atoms with E-state index in [1.54, 1.807) is 0 Å². The zero-order valence-corrected chi connectivity index (χ0v) is 7.44. The molecule has 0 aliphatic carbocycles. The normalized spacial score (nSPS) is 11.3. The third kappa shape index (κ3) is 2.41. The quantitative estimate of drug-likeness (QED) is 0.586. The van der Waals surface area contributed by atoms with Gasteiger partial charge in [-0.25, -0.2) is 0 Å². The summed E-state index contributed by atoms with van der Waals surface area (Å²) < 4.78 is 61.0. The van der Waals surface area contributed by atoms with Gasteiger partial charge in [0.25, 0.3) is 0 Å². The van der Waals surface area contributed by atoms with E-state index in [1.807, 2.05) is 0 Å². The van der Waals surface area contributed by atoms with Gasteiger partial charge in [0, 0.05) is 0 Å². The fraction of sp³-hybridized carbons (Fsp3) is 0.111. The van der Waals surface area contributed by atoms with Gasteiger partial charge < -0.3 is 0 Å². The van der Waals surface area contributed by atoms with Crippen molar-refractivity contribution in [1.29, 1.82) is 0 Å². The van der Waals surface area contributed by atoms with Gasteiger partial charge in [-0.2, -0.15) is 22.0 Å². The van der Waals surface area contributed by atoms with Gasteiger partial charge in [0.1, 0.15) is 0 Å². The smallest absolute Gasteiger partial charge is 0.255 e. The molecule has 0 fully saturated rings. The molecular formula is C9H3F5O2. The zero-order valence-electron chi connectivity index (χ0n) is 7.44. The minimum atomic E-state index is -4.80. The first-order valence-corrected chi connectivity index (χ1v) is 3.84. The molecule has 0 saturated carbocycles. The molecule has 7 heteroatoms. The Labute approximate surface area is 85.7 Å². The second kappa shape index (κ2) is 3.99. The maximum atomic E-state index is 12.3. The standard InChI is InChI=1S/C9H3F5O2/c10-7(15)5-2-1-4(9(12,13)14)3-6(5)8(11)16/h1-3H. The Kier molecular flexibility index (Phi) is 3.06. The van der Waals surface area contributed by atoms with Crippen molar-refractivity contribution < 1.29 is 31.5 Å². The largest absolute Gasteiger partial charge is 0.416 e. The Morgan fingerprint density at radius 3 is 1.81 bits per heavy atom. The summed E-state index contributed by atoms with van der Waals surface area (Å²) in [6, 6.07) is -3.58. The Hall–Kier alpha value is -1.79. The molecule has 2 nitrogen and oxygen atoms in total. The molecular weight excluding hydrogens is 235 g/mol. The highest BCUT2D eigenvalue weighted by molar-refractivity contribution is 6.02. The molecule has 0 amide bonds. The lowest BCUT2D eigenvalue weighted by molar-refractivity contribution is -0.137. The molecule has 0 radical (unpaired) electrons. The molecule has 1 aromatic rings. The van der Waals surface area contributed by atoms with E-state index in [1.165, 1.54) is 0 Å². The van der Waals surface area contributed by atoms with Crippen LogP contribution >= 0.6 is 0 Å². The second-order valence-corrected chi connectivity index (χ2v) is 2.81. The van der Waals surface area contributed by atoms with Crippen LogP contribution in [0.15, 0.2) is 18.2 Å². The van der Waals surface area contributed by atoms with Crippen LogP contribution in [-0.4, -0.2) is 12.1 Å². The van der Waals surface area contributed by atoms with Crippen LogP contribution < -0.4 is 0 Å². The highest BCUT2D eigenvalue weighted by Crippen LogP contribution is 2.31. The first-order valence-electron chi connectivity index (χ1n) is 3.84. The number of benzene rings is 1. The van der Waals surface area contributed by atoms with Crippen LogP contribution in [0, 0.1) is 0 Å². The minimum absolute atomic E-state index is 0.0924. The summed E-state index contributed by atoms with van der Waals surface area (Å²) in [7, 11) is 0. The molecule has 0 unspecified atom stereocenters. The van der Waals surface area contributed by atoms with Crippen LogP contribution in [0.3, 0.4) is 0 Å². The second-order valence-electron chi connectivity index (χ2n) is 2.81. The number of rotatable bonds is 2. The van der Waals surface area contributed by atoms with E-state index in [4.69, 9.17) is 0 Å². The molecule has 86 valence electrons. The summed E-state index contributed by atoms with van der Waals surface area (Å²) in [5.74, 6) is 0. The van der Waals surface area contributed by atoms with Crippen LogP contribution in [0.1, 0.15) is 26.3 Å². The van der Waals surface area contributed by atoms with Crippen molar-refractivity contribution in [3.8, 4) is 0 Å². The van der Waals surface area contributed by atoms with Crippen molar-refractivity contribution in [2.75, 3.05) is 0 Å². The van der Waals surface area contributed by atoms with Crippen LogP contribution in [0.4, 0.5) is 22.0 Å². The summed E-state index contributed by atoms with van der Waals surface area (Å²) in [6.07, 6.45) is -4.80. The first-order chi connectivity index (χ1) is 7.23. The van der Waals surface area contributed by atoms with Gasteiger partial charge in [-0.3, -0.25) is 9.59 Å². The number of hydrogen-bond acceptors (Lipinski definition) is 2. The Bertz CT molecular complexity index is 450. The van der Waals surface area contributed by atoms with E-state index in [0.29, 0.717) is 12.1 Å². The van der Waals surface area contributed by atoms with Crippen molar-refractivity contribution in [2.45, 2.75) is 6.18 Å². The SMILES string of the molecule is O=C(F)c1ccc(C(F)(F)F)cc1C(=O)F. The highest BCUT2D eigenvalue weighted by Gasteiger charge is 2.32. The van der Waals surface area contributed by atoms with Crippen LogP contribution in [-0.2, 0) is 6.18 Å². The first kappa shape index (κ1) is 12.3. The maximum absolute atomic E-state index is 12.3. The van der Waals surface area contributed by atoms with E-state index < -0.39 is 34.9 Å². The molecule has 0 aliphatic rings. The predicted molar refractivity (Wildman–Crippen MR) is 42.3 cm³/mol. The zero-order chi connectivity index (χ0) is 12.5. The Morgan fingerprint density at radius 2 is 1.44 bits per heavy atom. The Balaban J connectivity index is 3.40. The minimum Gasteiger partial charge on any atom is -0.255 e. The van der Waals surface area contributed by atoms with Crippen molar-refractivity contribution in [3.05, 3.63) is 34.9 Å². The summed E-state index contributed by atoms with van der Waals surface area (Å²) in [5, 5.41) is 0. The lowest BCUT2D eigenvalue weighted by Crippen LogP contribution is -2.09. The van der Waals surface area contributed by atoms with Crippen molar-refractivity contribution >= 4 is 12.1 Å². The molecule has 0 aliphatic heterocycles. The molecule has 0 heterocycles. The maximum Gasteiger partial charge on any atom is 0.416 e. The third-order valence-electron chi connectivity index (χ3n) is 1.77. The fourth-order valence-electron chi connectivity index (χ4n) is 1.05. The lowest BCUT2D eigenvalue weighted by Gasteiger charge is -2.08. The van der Waals surface area contributed by atoms with Crippen molar-refractivity contribution in [1.82, 2.24) is 0 Å². The molecule has 0 aromatic heterocycles. The van der Waals surface area contributed by atoms with Gasteiger partial charge in [-0.15, -0.1) is 0 Å². The summed E-state index contributed by atoms with van der Waals surface area (Å²) in [6.45, 7) is 0. The monoisotopic (exact) mass is 238 g/mol. The van der Waals surface area contributed by atoms with E-state index in [9.17, 15) is 31.5 Å². The van der Waals surface area contributed by atoms with E-state index in [-0.39, 0.29) is 6.07 Å². The molecule has 0 saturated heterocycles. The van der Waals surface area contributed by atoms with Gasteiger partial charge in [-0.05, 0) is 18.2 Å². The number of hydrogen-bond donors (Lipinski definition) is 0. The number of carbonyl (C=O) groups is 2. The van der Waals surface area contributed by atoms with E-state index >= 15 is 0 Å². The summed E-state index contributed by atoms with van der Waals surface area (Å²) in [5.41, 5.74) is -3.60. The predicted octanol–water partition coefficient (Wildman–Crippen LogP) is 2.92. The molecule has 0 bridgehead atoms. The average Bonchev–Trinajstić information content (AvgIpc) is 2.15. The van der Waals surface area contributed by atoms with Crippen LogP contribution in [0.25, 0.3) is 0 Å². The number of carbonyl (C=O) groups excluding carboxylic acids is 2. The van der Waals surface area contributed by atoms with Gasteiger partial charge in [0.15, 0.2) is 0 Å². The van der Waals surface area contributed by atoms with Gasteiger partial charge in [0.05, 0.1) is 16.7 Å². The van der Waals surface area contributed by atoms with Crippen molar-refractivity contribution in [2.24, 2.45) is 0 Å². The van der Waals surface area contributed by atoms with Gasteiger partial charge >= 0.3 is 18.3 Å². The number of alkyl halides is 3.